The normalized spacial score (nSPS) is 14.3. The predicted molar refractivity (Wildman–Crippen MR) is 110 cm³/mol. The molecule has 0 spiro atoms. The van der Waals surface area contributed by atoms with Gasteiger partial charge in [-0.1, -0.05) is 29.4 Å². The minimum atomic E-state index is -0.346. The highest BCUT2D eigenvalue weighted by molar-refractivity contribution is 5.77. The van der Waals surface area contributed by atoms with Crippen LogP contribution >= 0.6 is 0 Å². The fourth-order valence-electron chi connectivity index (χ4n) is 3.75. The smallest absolute Gasteiger partial charge is 0.223 e. The van der Waals surface area contributed by atoms with E-state index >= 15 is 0 Å². The van der Waals surface area contributed by atoms with Crippen LogP contribution < -0.4 is 4.90 Å². The fourth-order valence-corrected chi connectivity index (χ4v) is 3.75. The van der Waals surface area contributed by atoms with Crippen molar-refractivity contribution in [3.63, 3.8) is 0 Å². The molecule has 0 atom stereocenters. The Morgan fingerprint density at radius 2 is 1.90 bits per heavy atom. The van der Waals surface area contributed by atoms with E-state index in [0.717, 1.165) is 18.7 Å². The first-order chi connectivity index (χ1) is 14.1. The molecule has 29 heavy (non-hydrogen) atoms. The highest BCUT2D eigenvalue weighted by atomic mass is 19.1. The molecule has 0 radical (unpaired) electrons. The van der Waals surface area contributed by atoms with Gasteiger partial charge in [0.25, 0.3) is 0 Å². The number of piperazine rings is 1. The summed E-state index contributed by atoms with van der Waals surface area (Å²) in [5, 5.41) is 3.94. The van der Waals surface area contributed by atoms with Gasteiger partial charge >= 0.3 is 0 Å². The lowest BCUT2D eigenvalue weighted by molar-refractivity contribution is -0.131. The van der Waals surface area contributed by atoms with E-state index in [1.54, 1.807) is 18.2 Å². The Morgan fingerprint density at radius 3 is 2.66 bits per heavy atom. The summed E-state index contributed by atoms with van der Waals surface area (Å²) in [6.45, 7) is 5.14. The molecule has 1 saturated heterocycles. The van der Waals surface area contributed by atoms with Crippen LogP contribution in [0.15, 0.2) is 59.3 Å². The van der Waals surface area contributed by atoms with Gasteiger partial charge in [-0.3, -0.25) is 4.79 Å². The number of hydrogen-bond acceptors (Lipinski definition) is 4. The zero-order valence-electron chi connectivity index (χ0n) is 16.5. The van der Waals surface area contributed by atoms with Crippen LogP contribution in [0.25, 0.3) is 11.3 Å². The lowest BCUT2D eigenvalue weighted by atomic mass is 10.0. The van der Waals surface area contributed by atoms with Gasteiger partial charge in [0, 0.05) is 49.4 Å². The van der Waals surface area contributed by atoms with Crippen LogP contribution in [-0.2, 0) is 11.2 Å². The number of halogens is 1. The van der Waals surface area contributed by atoms with Crippen molar-refractivity contribution in [2.45, 2.75) is 19.8 Å². The van der Waals surface area contributed by atoms with E-state index in [4.69, 9.17) is 4.52 Å². The number of hydrogen-bond donors (Lipinski definition) is 0. The average Bonchev–Trinajstić information content (AvgIpc) is 3.21. The number of anilines is 1. The Kier molecular flexibility index (Phi) is 5.60. The Labute approximate surface area is 169 Å². The molecule has 1 fully saturated rings. The van der Waals surface area contributed by atoms with Gasteiger partial charge in [-0.05, 0) is 43.2 Å². The molecule has 0 saturated carbocycles. The third-order valence-corrected chi connectivity index (χ3v) is 5.38. The molecular weight excluding hydrogens is 369 g/mol. The van der Waals surface area contributed by atoms with E-state index in [2.05, 4.69) is 41.2 Å². The predicted octanol–water partition coefficient (Wildman–Crippen LogP) is 4.07. The zero-order chi connectivity index (χ0) is 20.2. The summed E-state index contributed by atoms with van der Waals surface area (Å²) >= 11 is 0. The molecule has 0 N–H and O–H groups in total. The molecule has 0 aliphatic carbocycles. The number of aromatic nitrogens is 1. The molecule has 0 unspecified atom stereocenters. The van der Waals surface area contributed by atoms with Crippen molar-refractivity contribution in [3.8, 4) is 11.3 Å². The quantitative estimate of drug-likeness (QED) is 0.656. The van der Waals surface area contributed by atoms with Crippen molar-refractivity contribution in [1.82, 2.24) is 10.1 Å². The summed E-state index contributed by atoms with van der Waals surface area (Å²) in [5.41, 5.74) is 4.06. The topological polar surface area (TPSA) is 49.6 Å². The second-order valence-electron chi connectivity index (χ2n) is 7.38. The van der Waals surface area contributed by atoms with Gasteiger partial charge in [0.15, 0.2) is 0 Å². The van der Waals surface area contributed by atoms with E-state index in [1.165, 1.54) is 23.6 Å². The van der Waals surface area contributed by atoms with Crippen LogP contribution in [0.5, 0.6) is 0 Å². The van der Waals surface area contributed by atoms with Crippen LogP contribution in [0.4, 0.5) is 10.1 Å². The number of carbonyl (C=O) groups is 1. The summed E-state index contributed by atoms with van der Waals surface area (Å²) < 4.78 is 19.1. The first kappa shape index (κ1) is 19.2. The number of aryl methyl sites for hydroxylation is 2. The van der Waals surface area contributed by atoms with Crippen molar-refractivity contribution < 1.29 is 13.7 Å². The van der Waals surface area contributed by atoms with Crippen molar-refractivity contribution in [2.24, 2.45) is 0 Å². The number of benzene rings is 2. The Hall–Kier alpha value is -3.15. The molecule has 1 amide bonds. The third-order valence-electron chi connectivity index (χ3n) is 5.38. The maximum atomic E-state index is 14.1. The summed E-state index contributed by atoms with van der Waals surface area (Å²) in [4.78, 5) is 16.9. The summed E-state index contributed by atoms with van der Waals surface area (Å²) in [6, 6.07) is 14.9. The third kappa shape index (κ3) is 4.31. The van der Waals surface area contributed by atoms with E-state index in [1.807, 2.05) is 4.90 Å². The highest BCUT2D eigenvalue weighted by Gasteiger charge is 2.22. The second kappa shape index (κ2) is 8.47. The second-order valence-corrected chi connectivity index (χ2v) is 7.38. The van der Waals surface area contributed by atoms with Gasteiger partial charge in [-0.25, -0.2) is 4.39 Å². The molecule has 2 aromatic carbocycles. The first-order valence-electron chi connectivity index (χ1n) is 9.89. The Bertz CT molecular complexity index is 993. The molecule has 1 aliphatic heterocycles. The molecule has 2 heterocycles. The van der Waals surface area contributed by atoms with Gasteiger partial charge in [-0.15, -0.1) is 0 Å². The van der Waals surface area contributed by atoms with Crippen LogP contribution in [0.2, 0.25) is 0 Å². The van der Waals surface area contributed by atoms with E-state index < -0.39 is 0 Å². The molecule has 6 heteroatoms. The minimum absolute atomic E-state index is 0.106. The van der Waals surface area contributed by atoms with Gasteiger partial charge in [0.1, 0.15) is 17.8 Å². The zero-order valence-corrected chi connectivity index (χ0v) is 16.5. The average molecular weight is 393 g/mol. The van der Waals surface area contributed by atoms with E-state index in [-0.39, 0.29) is 11.7 Å². The Morgan fingerprint density at radius 1 is 1.10 bits per heavy atom. The monoisotopic (exact) mass is 393 g/mol. The van der Waals surface area contributed by atoms with Crippen LogP contribution in [-0.4, -0.2) is 42.1 Å². The molecule has 4 rings (SSSR count). The fraction of sp³-hybridized carbons (Fsp3) is 0.304. The van der Waals surface area contributed by atoms with Crippen molar-refractivity contribution in [2.75, 3.05) is 31.1 Å². The van der Waals surface area contributed by atoms with Crippen molar-refractivity contribution in [3.05, 3.63) is 71.7 Å². The van der Waals surface area contributed by atoms with Gasteiger partial charge in [0.05, 0.1) is 0 Å². The van der Waals surface area contributed by atoms with E-state index in [0.29, 0.717) is 37.2 Å². The minimum Gasteiger partial charge on any atom is -0.368 e. The molecule has 1 aromatic heterocycles. The molecule has 1 aliphatic rings. The van der Waals surface area contributed by atoms with Crippen LogP contribution in [0, 0.1) is 12.7 Å². The number of rotatable bonds is 5. The van der Waals surface area contributed by atoms with Crippen molar-refractivity contribution in [1.29, 1.82) is 0 Å². The first-order valence-corrected chi connectivity index (χ1v) is 9.89. The number of nitrogens with zero attached hydrogens (tertiary/aromatic N) is 3. The Balaban J connectivity index is 1.34. The molecular formula is C23H24FN3O2. The van der Waals surface area contributed by atoms with Crippen molar-refractivity contribution >= 4 is 11.6 Å². The molecule has 3 aromatic rings. The maximum absolute atomic E-state index is 14.1. The lowest BCUT2D eigenvalue weighted by Crippen LogP contribution is -2.48. The van der Waals surface area contributed by atoms with Crippen LogP contribution in [0.1, 0.15) is 17.5 Å². The lowest BCUT2D eigenvalue weighted by Gasteiger charge is -2.36. The van der Waals surface area contributed by atoms with Crippen LogP contribution in [0.3, 0.4) is 0 Å². The maximum Gasteiger partial charge on any atom is 0.223 e. The number of amides is 1. The summed E-state index contributed by atoms with van der Waals surface area (Å²) in [6.07, 6.45) is 2.34. The summed E-state index contributed by atoms with van der Waals surface area (Å²) in [7, 11) is 0. The van der Waals surface area contributed by atoms with Gasteiger partial charge in [0.2, 0.25) is 5.91 Å². The highest BCUT2D eigenvalue weighted by Crippen LogP contribution is 2.26. The van der Waals surface area contributed by atoms with Gasteiger partial charge < -0.3 is 14.3 Å². The number of carbonyl (C=O) groups excluding carboxylic acids is 1. The molecule has 5 nitrogen and oxygen atoms in total. The summed E-state index contributed by atoms with van der Waals surface area (Å²) in [5.74, 6) is -0.240. The van der Waals surface area contributed by atoms with E-state index in [9.17, 15) is 9.18 Å². The molecule has 150 valence electrons. The standard InChI is InChI=1S/C23H24FN3O2/c1-17-5-4-6-19(15-17)26-11-13-27(14-12-26)22(28)10-9-18-16-29-25-23(18)20-7-2-3-8-21(20)24/h2-8,15-16H,9-14H2,1H3. The molecule has 0 bridgehead atoms. The SMILES string of the molecule is Cc1cccc(N2CCN(C(=O)CCc3conc3-c3ccccc3F)CC2)c1. The largest absolute Gasteiger partial charge is 0.368 e. The van der Waals surface area contributed by atoms with Gasteiger partial charge in [-0.2, -0.15) is 0 Å².